The summed E-state index contributed by atoms with van der Waals surface area (Å²) in [5, 5.41) is 36.3. The number of aryl methyl sites for hydroxylation is 1. The Kier molecular flexibility index (Phi) is 7.25. The molecule has 5 rings (SSSR count). The predicted molar refractivity (Wildman–Crippen MR) is 142 cm³/mol. The summed E-state index contributed by atoms with van der Waals surface area (Å²) in [5.41, 5.74) is 1.16. The molecule has 4 fully saturated rings. The van der Waals surface area contributed by atoms with Crippen molar-refractivity contribution in [2.45, 2.75) is 104 Å². The minimum absolute atomic E-state index is 0.0717. The van der Waals surface area contributed by atoms with Gasteiger partial charge in [-0.3, -0.25) is 4.79 Å². The standard InChI is InChI=1S/C31H46FNO4/c1-17(6-10-28(37)33-25-15-20(32)7-5-18(25)2)22-8-9-23-29-24(16-27(36)31(22,23)4)30(3)12-11-21(34)13-19(30)14-26(29)35/h5,7,15,17,19,21-24,26-27,29,34-36H,6,8-14,16H2,1-4H3,(H,33,37)/t17-,19+,21-,22-,23+,24+,26-,27+,29+,30+,31-/m1/s1. The number of benzene rings is 1. The van der Waals surface area contributed by atoms with Crippen LogP contribution in [0.2, 0.25) is 0 Å². The summed E-state index contributed by atoms with van der Waals surface area (Å²) in [6.07, 6.45) is 6.09. The van der Waals surface area contributed by atoms with Crippen LogP contribution in [-0.4, -0.2) is 39.5 Å². The minimum atomic E-state index is -0.424. The second-order valence-electron chi connectivity index (χ2n) is 13.5. The van der Waals surface area contributed by atoms with Crippen LogP contribution in [0.4, 0.5) is 10.1 Å². The molecule has 0 bridgehead atoms. The van der Waals surface area contributed by atoms with Crippen LogP contribution >= 0.6 is 0 Å². The summed E-state index contributed by atoms with van der Waals surface area (Å²) in [4.78, 5) is 12.7. The van der Waals surface area contributed by atoms with Crippen molar-refractivity contribution in [1.82, 2.24) is 0 Å². The van der Waals surface area contributed by atoms with Gasteiger partial charge in [0.15, 0.2) is 0 Å². The summed E-state index contributed by atoms with van der Waals surface area (Å²) in [7, 11) is 0. The maximum Gasteiger partial charge on any atom is 0.224 e. The monoisotopic (exact) mass is 515 g/mol. The van der Waals surface area contributed by atoms with Crippen LogP contribution in [0.5, 0.6) is 0 Å². The summed E-state index contributed by atoms with van der Waals surface area (Å²) in [6.45, 7) is 8.66. The van der Waals surface area contributed by atoms with Gasteiger partial charge >= 0.3 is 0 Å². The van der Waals surface area contributed by atoms with Crippen LogP contribution in [0.1, 0.15) is 84.1 Å². The Hall–Kier alpha value is -1.50. The van der Waals surface area contributed by atoms with Crippen LogP contribution in [-0.2, 0) is 4.79 Å². The summed E-state index contributed by atoms with van der Waals surface area (Å²) < 4.78 is 13.6. The zero-order chi connectivity index (χ0) is 26.7. The lowest BCUT2D eigenvalue weighted by atomic mass is 9.43. The lowest BCUT2D eigenvalue weighted by molar-refractivity contribution is -0.207. The molecule has 4 saturated carbocycles. The van der Waals surface area contributed by atoms with Gasteiger partial charge in [-0.2, -0.15) is 0 Å². The number of hydrogen-bond donors (Lipinski definition) is 4. The molecule has 37 heavy (non-hydrogen) atoms. The number of halogens is 1. The Labute approximate surface area is 221 Å². The normalized spacial score (nSPS) is 43.9. The minimum Gasteiger partial charge on any atom is -0.393 e. The Bertz CT molecular complexity index is 1020. The van der Waals surface area contributed by atoms with E-state index in [-0.39, 0.29) is 58.4 Å². The Morgan fingerprint density at radius 3 is 2.62 bits per heavy atom. The van der Waals surface area contributed by atoms with E-state index in [1.807, 2.05) is 6.92 Å². The number of rotatable bonds is 5. The third-order valence-electron chi connectivity index (χ3n) is 11.8. The van der Waals surface area contributed by atoms with Gasteiger partial charge in [0.2, 0.25) is 5.91 Å². The summed E-state index contributed by atoms with van der Waals surface area (Å²) >= 11 is 0. The molecule has 0 aromatic heterocycles. The third-order valence-corrected chi connectivity index (χ3v) is 11.8. The molecule has 4 N–H and O–H groups in total. The number of hydrogen-bond acceptors (Lipinski definition) is 4. The average Bonchev–Trinajstić information content (AvgIpc) is 3.20. The molecule has 5 nitrogen and oxygen atoms in total. The molecule has 0 aliphatic heterocycles. The number of aliphatic hydroxyl groups is 3. The Morgan fingerprint density at radius 2 is 1.86 bits per heavy atom. The highest BCUT2D eigenvalue weighted by atomic mass is 19.1. The number of anilines is 1. The second-order valence-corrected chi connectivity index (χ2v) is 13.5. The van der Waals surface area contributed by atoms with Gasteiger partial charge in [0.1, 0.15) is 5.82 Å². The first kappa shape index (κ1) is 27.1. The first-order valence-corrected chi connectivity index (χ1v) is 14.5. The molecule has 0 spiro atoms. The number of carbonyl (C=O) groups excluding carboxylic acids is 1. The number of aliphatic hydroxyl groups excluding tert-OH is 3. The SMILES string of the molecule is Cc1ccc(F)cc1NC(=O)CC[C@@H](C)[C@H]1CC[C@H]2[C@@H]3[C@H](O)C[C@@H]4C[C@H](O)CC[C@]4(C)[C@H]3C[C@H](O)[C@]12C. The largest absolute Gasteiger partial charge is 0.393 e. The van der Waals surface area contributed by atoms with E-state index in [9.17, 15) is 24.5 Å². The molecule has 0 saturated heterocycles. The molecule has 4 aliphatic carbocycles. The molecular weight excluding hydrogens is 469 g/mol. The van der Waals surface area contributed by atoms with Gasteiger partial charge in [0, 0.05) is 12.1 Å². The highest BCUT2D eigenvalue weighted by Crippen LogP contribution is 2.68. The van der Waals surface area contributed by atoms with E-state index in [0.717, 1.165) is 50.5 Å². The predicted octanol–water partition coefficient (Wildman–Crippen LogP) is 5.45. The van der Waals surface area contributed by atoms with Crippen molar-refractivity contribution in [2.75, 3.05) is 5.32 Å². The van der Waals surface area contributed by atoms with E-state index in [4.69, 9.17) is 0 Å². The number of carbonyl (C=O) groups is 1. The first-order chi connectivity index (χ1) is 17.4. The quantitative estimate of drug-likeness (QED) is 0.420. The number of nitrogens with one attached hydrogen (secondary N) is 1. The van der Waals surface area contributed by atoms with Gasteiger partial charge in [-0.15, -0.1) is 0 Å². The molecule has 0 radical (unpaired) electrons. The van der Waals surface area contributed by atoms with E-state index in [1.165, 1.54) is 12.1 Å². The van der Waals surface area contributed by atoms with Crippen molar-refractivity contribution in [3.8, 4) is 0 Å². The molecule has 1 amide bonds. The van der Waals surface area contributed by atoms with Crippen LogP contribution in [0.15, 0.2) is 18.2 Å². The van der Waals surface area contributed by atoms with Crippen molar-refractivity contribution < 1.29 is 24.5 Å². The molecular formula is C31H46FNO4. The zero-order valence-corrected chi connectivity index (χ0v) is 22.9. The van der Waals surface area contributed by atoms with E-state index in [0.29, 0.717) is 30.4 Å². The molecule has 1 aromatic carbocycles. The van der Waals surface area contributed by atoms with E-state index >= 15 is 0 Å². The van der Waals surface area contributed by atoms with E-state index < -0.39 is 6.10 Å². The fourth-order valence-electron chi connectivity index (χ4n) is 9.63. The molecule has 0 unspecified atom stereocenters. The van der Waals surface area contributed by atoms with Crippen molar-refractivity contribution in [3.63, 3.8) is 0 Å². The zero-order valence-electron chi connectivity index (χ0n) is 22.9. The molecule has 11 atom stereocenters. The maximum atomic E-state index is 13.6. The van der Waals surface area contributed by atoms with Gasteiger partial charge in [-0.1, -0.05) is 26.8 Å². The molecule has 0 heterocycles. The number of fused-ring (bicyclic) bond motifs is 5. The highest BCUT2D eigenvalue weighted by Gasteiger charge is 2.65. The van der Waals surface area contributed by atoms with Crippen molar-refractivity contribution >= 4 is 11.6 Å². The van der Waals surface area contributed by atoms with Crippen molar-refractivity contribution in [3.05, 3.63) is 29.6 Å². The third kappa shape index (κ3) is 4.55. The maximum absolute atomic E-state index is 13.6. The van der Waals surface area contributed by atoms with Crippen molar-refractivity contribution in [1.29, 1.82) is 0 Å². The lowest BCUT2D eigenvalue weighted by Crippen LogP contribution is -2.62. The second kappa shape index (κ2) is 9.91. The Balaban J connectivity index is 1.28. The smallest absolute Gasteiger partial charge is 0.224 e. The van der Waals surface area contributed by atoms with Gasteiger partial charge < -0.3 is 20.6 Å². The average molecular weight is 516 g/mol. The molecule has 4 aliphatic rings. The molecule has 1 aromatic rings. The molecule has 206 valence electrons. The summed E-state index contributed by atoms with van der Waals surface area (Å²) in [6, 6.07) is 4.43. The first-order valence-electron chi connectivity index (χ1n) is 14.5. The highest BCUT2D eigenvalue weighted by molar-refractivity contribution is 5.91. The summed E-state index contributed by atoms with van der Waals surface area (Å²) in [5.74, 6) is 1.16. The number of amides is 1. The molecule has 6 heteroatoms. The van der Waals surface area contributed by atoms with Crippen molar-refractivity contribution in [2.24, 2.45) is 46.3 Å². The van der Waals surface area contributed by atoms with E-state index in [2.05, 4.69) is 26.1 Å². The Morgan fingerprint density at radius 1 is 1.11 bits per heavy atom. The van der Waals surface area contributed by atoms with Crippen LogP contribution in [0, 0.1) is 59.1 Å². The topological polar surface area (TPSA) is 89.8 Å². The van der Waals surface area contributed by atoms with Gasteiger partial charge in [0.05, 0.1) is 18.3 Å². The fraction of sp³-hybridized carbons (Fsp3) is 0.774. The van der Waals surface area contributed by atoms with Gasteiger partial charge in [-0.05, 0) is 122 Å². The lowest BCUT2D eigenvalue weighted by Gasteiger charge is -2.63. The van der Waals surface area contributed by atoms with Crippen LogP contribution in [0.25, 0.3) is 0 Å². The van der Waals surface area contributed by atoms with E-state index in [1.54, 1.807) is 6.07 Å². The fourth-order valence-corrected chi connectivity index (χ4v) is 9.63. The van der Waals surface area contributed by atoms with Crippen LogP contribution < -0.4 is 5.32 Å². The van der Waals surface area contributed by atoms with Gasteiger partial charge in [-0.25, -0.2) is 4.39 Å². The van der Waals surface area contributed by atoms with Crippen LogP contribution in [0.3, 0.4) is 0 Å². The van der Waals surface area contributed by atoms with Gasteiger partial charge in [0.25, 0.3) is 0 Å².